The Morgan fingerprint density at radius 2 is 1.53 bits per heavy atom. The molecule has 0 radical (unpaired) electrons. The van der Waals surface area contributed by atoms with E-state index in [1.54, 1.807) is 6.07 Å². The zero-order chi connectivity index (χ0) is 12.4. The van der Waals surface area contributed by atoms with Crippen molar-refractivity contribution >= 4 is 46.4 Å². The van der Waals surface area contributed by atoms with Crippen molar-refractivity contribution in [3.05, 3.63) is 46.4 Å². The molecule has 0 amide bonds. The first-order chi connectivity index (χ1) is 8.13. The Morgan fingerprint density at radius 1 is 0.882 bits per heavy atom. The summed E-state index contributed by atoms with van der Waals surface area (Å²) in [5, 5.41) is 0.859. The third-order valence-corrected chi connectivity index (χ3v) is 3.49. The Bertz CT molecular complexity index is 538. The van der Waals surface area contributed by atoms with Gasteiger partial charge in [0.1, 0.15) is 0 Å². The first-order valence-electron chi connectivity index (χ1n) is 4.84. The lowest BCUT2D eigenvalue weighted by atomic mass is 10.0. The second-order valence-corrected chi connectivity index (χ2v) is 4.45. The highest BCUT2D eigenvalue weighted by atomic mass is 35.5. The van der Waals surface area contributed by atoms with Crippen molar-refractivity contribution < 1.29 is 0 Å². The Kier molecular flexibility index (Phi) is 3.67. The SMILES string of the molecule is Nc1ccc(-c2ccc(NCl)c(Cl)c2Cl)cc1. The van der Waals surface area contributed by atoms with Gasteiger partial charge in [0.15, 0.2) is 0 Å². The van der Waals surface area contributed by atoms with Crippen LogP contribution in [0.15, 0.2) is 36.4 Å². The summed E-state index contributed by atoms with van der Waals surface area (Å²) in [7, 11) is 0. The van der Waals surface area contributed by atoms with Gasteiger partial charge in [-0.2, -0.15) is 0 Å². The molecule has 17 heavy (non-hydrogen) atoms. The van der Waals surface area contributed by atoms with E-state index in [-0.39, 0.29) is 0 Å². The molecular formula is C12H9Cl3N2. The average Bonchev–Trinajstić information content (AvgIpc) is 2.34. The highest BCUT2D eigenvalue weighted by Crippen LogP contribution is 2.38. The molecule has 0 spiro atoms. The molecule has 0 bridgehead atoms. The number of nitrogens with one attached hydrogen (secondary N) is 1. The molecule has 5 heteroatoms. The second-order valence-electron chi connectivity index (χ2n) is 3.51. The monoisotopic (exact) mass is 286 g/mol. The summed E-state index contributed by atoms with van der Waals surface area (Å²) in [6.45, 7) is 0. The molecule has 0 unspecified atom stereocenters. The van der Waals surface area contributed by atoms with E-state index < -0.39 is 0 Å². The van der Waals surface area contributed by atoms with Crippen LogP contribution in [0.2, 0.25) is 10.0 Å². The van der Waals surface area contributed by atoms with Crippen LogP contribution in [0.5, 0.6) is 0 Å². The average molecular weight is 288 g/mol. The van der Waals surface area contributed by atoms with Crippen LogP contribution in [0.4, 0.5) is 11.4 Å². The molecule has 0 atom stereocenters. The van der Waals surface area contributed by atoms with Gasteiger partial charge in [0.25, 0.3) is 0 Å². The first-order valence-corrected chi connectivity index (χ1v) is 5.97. The standard InChI is InChI=1S/C12H9Cl3N2/c13-11-9(5-6-10(17-15)12(11)14)7-1-3-8(16)4-2-7/h1-6,17H,16H2. The van der Waals surface area contributed by atoms with E-state index in [2.05, 4.69) is 4.84 Å². The third kappa shape index (κ3) is 2.44. The molecule has 2 aromatic rings. The minimum Gasteiger partial charge on any atom is -0.399 e. The van der Waals surface area contributed by atoms with Crippen LogP contribution >= 0.6 is 35.0 Å². The summed E-state index contributed by atoms with van der Waals surface area (Å²) in [4.78, 5) is 2.46. The zero-order valence-electron chi connectivity index (χ0n) is 8.68. The van der Waals surface area contributed by atoms with E-state index in [1.807, 2.05) is 30.3 Å². The van der Waals surface area contributed by atoms with Crippen LogP contribution in [0.1, 0.15) is 0 Å². The predicted molar refractivity (Wildman–Crippen MR) is 75.8 cm³/mol. The molecule has 3 N–H and O–H groups in total. The van der Waals surface area contributed by atoms with Crippen molar-refractivity contribution in [2.24, 2.45) is 0 Å². The normalized spacial score (nSPS) is 10.3. The maximum absolute atomic E-state index is 6.19. The fourth-order valence-corrected chi connectivity index (χ4v) is 2.20. The highest BCUT2D eigenvalue weighted by molar-refractivity contribution is 6.46. The first kappa shape index (κ1) is 12.4. The Labute approximate surface area is 114 Å². The van der Waals surface area contributed by atoms with E-state index in [0.717, 1.165) is 11.1 Å². The molecule has 0 saturated heterocycles. The minimum atomic E-state index is 0.399. The summed E-state index contributed by atoms with van der Waals surface area (Å²) in [6.07, 6.45) is 0. The molecule has 0 saturated carbocycles. The lowest BCUT2D eigenvalue weighted by Crippen LogP contribution is -1.88. The van der Waals surface area contributed by atoms with Crippen LogP contribution in [-0.4, -0.2) is 0 Å². The van der Waals surface area contributed by atoms with Crippen LogP contribution in [0, 0.1) is 0 Å². The van der Waals surface area contributed by atoms with Gasteiger partial charge in [0.05, 0.1) is 15.7 Å². The molecule has 2 aromatic carbocycles. The fraction of sp³-hybridized carbons (Fsp3) is 0. The van der Waals surface area contributed by atoms with E-state index in [4.69, 9.17) is 40.7 Å². The predicted octanol–water partition coefficient (Wildman–Crippen LogP) is 4.81. The van der Waals surface area contributed by atoms with E-state index in [9.17, 15) is 0 Å². The van der Waals surface area contributed by atoms with Gasteiger partial charge in [-0.15, -0.1) is 0 Å². The van der Waals surface area contributed by atoms with Crippen molar-refractivity contribution in [3.8, 4) is 11.1 Å². The van der Waals surface area contributed by atoms with Gasteiger partial charge >= 0.3 is 0 Å². The lowest BCUT2D eigenvalue weighted by Gasteiger charge is -2.09. The van der Waals surface area contributed by atoms with Gasteiger partial charge in [0, 0.05) is 23.0 Å². The van der Waals surface area contributed by atoms with Crippen LogP contribution in [-0.2, 0) is 0 Å². The van der Waals surface area contributed by atoms with Gasteiger partial charge in [-0.25, -0.2) is 0 Å². The molecule has 0 aliphatic carbocycles. The number of halogens is 3. The van der Waals surface area contributed by atoms with E-state index in [1.165, 1.54) is 0 Å². The van der Waals surface area contributed by atoms with Gasteiger partial charge in [-0.3, -0.25) is 4.84 Å². The molecule has 0 fully saturated rings. The molecular weight excluding hydrogens is 279 g/mol. The van der Waals surface area contributed by atoms with Crippen molar-refractivity contribution in [2.75, 3.05) is 10.6 Å². The number of nitrogens with two attached hydrogens (primary N) is 1. The fourth-order valence-electron chi connectivity index (χ4n) is 1.51. The largest absolute Gasteiger partial charge is 0.399 e. The number of rotatable bonds is 2. The smallest absolute Gasteiger partial charge is 0.0842 e. The molecule has 88 valence electrons. The molecule has 2 nitrogen and oxygen atoms in total. The summed E-state index contributed by atoms with van der Waals surface area (Å²) >= 11 is 17.8. The number of benzene rings is 2. The number of hydrogen-bond donors (Lipinski definition) is 2. The van der Waals surface area contributed by atoms with Crippen LogP contribution < -0.4 is 10.6 Å². The van der Waals surface area contributed by atoms with E-state index >= 15 is 0 Å². The third-order valence-electron chi connectivity index (χ3n) is 2.41. The topological polar surface area (TPSA) is 38.0 Å². The quantitative estimate of drug-likeness (QED) is 0.614. The van der Waals surface area contributed by atoms with Gasteiger partial charge in [-0.05, 0) is 23.8 Å². The summed E-state index contributed by atoms with van der Waals surface area (Å²) in [5.41, 5.74) is 8.71. The van der Waals surface area contributed by atoms with Crippen molar-refractivity contribution in [1.29, 1.82) is 0 Å². The maximum atomic E-state index is 6.19. The van der Waals surface area contributed by atoms with Crippen LogP contribution in [0.3, 0.4) is 0 Å². The Balaban J connectivity index is 2.53. The Hall–Kier alpha value is -1.09. The second kappa shape index (κ2) is 5.05. The summed E-state index contributed by atoms with van der Waals surface area (Å²) in [5.74, 6) is 0. The van der Waals surface area contributed by atoms with Crippen molar-refractivity contribution in [3.63, 3.8) is 0 Å². The number of hydrogen-bond acceptors (Lipinski definition) is 2. The number of nitrogen functional groups attached to an aromatic ring is 1. The van der Waals surface area contributed by atoms with Gasteiger partial charge in [-0.1, -0.05) is 41.4 Å². The molecule has 2 rings (SSSR count). The molecule has 0 heterocycles. The van der Waals surface area contributed by atoms with E-state index in [0.29, 0.717) is 21.4 Å². The molecule has 0 aliphatic rings. The molecule has 0 aliphatic heterocycles. The summed E-state index contributed by atoms with van der Waals surface area (Å²) in [6, 6.07) is 11.0. The zero-order valence-corrected chi connectivity index (χ0v) is 10.9. The lowest BCUT2D eigenvalue weighted by molar-refractivity contribution is 1.60. The van der Waals surface area contributed by atoms with Crippen LogP contribution in [0.25, 0.3) is 11.1 Å². The van der Waals surface area contributed by atoms with Gasteiger partial charge < -0.3 is 5.73 Å². The van der Waals surface area contributed by atoms with Crippen molar-refractivity contribution in [2.45, 2.75) is 0 Å². The van der Waals surface area contributed by atoms with Gasteiger partial charge in [0.2, 0.25) is 0 Å². The minimum absolute atomic E-state index is 0.399. The maximum Gasteiger partial charge on any atom is 0.0842 e. The Morgan fingerprint density at radius 3 is 2.12 bits per heavy atom. The van der Waals surface area contributed by atoms with Crippen molar-refractivity contribution in [1.82, 2.24) is 0 Å². The summed E-state index contributed by atoms with van der Waals surface area (Å²) < 4.78 is 0. The number of anilines is 2. The molecule has 0 aromatic heterocycles. The highest BCUT2D eigenvalue weighted by Gasteiger charge is 2.10.